The number of ketones is 1. The van der Waals surface area contributed by atoms with Crippen molar-refractivity contribution in [1.82, 2.24) is 4.98 Å². The number of ether oxygens (including phenoxy) is 3. The fourth-order valence-corrected chi connectivity index (χ4v) is 3.35. The van der Waals surface area contributed by atoms with Crippen molar-refractivity contribution in [3.63, 3.8) is 0 Å². The Balaban J connectivity index is 0.00000289. The number of fused-ring (bicyclic) bond motifs is 1. The van der Waals surface area contributed by atoms with Crippen molar-refractivity contribution in [3.05, 3.63) is 89.3 Å². The van der Waals surface area contributed by atoms with E-state index >= 15 is 0 Å². The van der Waals surface area contributed by atoms with Gasteiger partial charge in [0.25, 0.3) is 0 Å². The quantitative estimate of drug-likeness (QED) is 0.277. The summed E-state index contributed by atoms with van der Waals surface area (Å²) >= 11 is 0. The average Bonchev–Trinajstić information content (AvgIpc) is 3.27. The summed E-state index contributed by atoms with van der Waals surface area (Å²) in [4.78, 5) is 29.9. The number of hydrogen-bond donors (Lipinski definition) is 0. The zero-order valence-corrected chi connectivity index (χ0v) is 19.7. The van der Waals surface area contributed by atoms with Gasteiger partial charge >= 0.3 is 29.6 Å². The molecule has 0 bridgehead atoms. The Hall–Kier alpha value is -3.13. The first-order valence-electron chi connectivity index (χ1n) is 9.50. The Morgan fingerprint density at radius 2 is 1.72 bits per heavy atom. The molecule has 3 aromatic rings. The summed E-state index contributed by atoms with van der Waals surface area (Å²) in [5.74, 6) is -0.404. The zero-order chi connectivity index (χ0) is 21.8. The number of aliphatic carboxylic acids is 1. The molecule has 0 saturated heterocycles. The van der Waals surface area contributed by atoms with Crippen LogP contribution in [0.2, 0.25) is 0 Å². The second-order valence-corrected chi connectivity index (χ2v) is 6.76. The molecule has 1 aromatic heterocycles. The van der Waals surface area contributed by atoms with Crippen LogP contribution < -0.4 is 48.9 Å². The summed E-state index contributed by atoms with van der Waals surface area (Å²) in [5.41, 5.74) is 1.01. The summed E-state index contributed by atoms with van der Waals surface area (Å²) in [7, 11) is 1.52. The van der Waals surface area contributed by atoms with Crippen molar-refractivity contribution in [1.29, 1.82) is 0 Å². The van der Waals surface area contributed by atoms with Gasteiger partial charge in [-0.25, -0.2) is 0 Å². The van der Waals surface area contributed by atoms with E-state index in [2.05, 4.69) is 4.98 Å². The van der Waals surface area contributed by atoms with E-state index in [0.29, 0.717) is 28.5 Å². The number of carboxylic acid groups (broad SMARTS) is 1. The largest absolute Gasteiger partial charge is 1.00 e. The molecule has 0 fully saturated rings. The topological polar surface area (TPSA) is 97.8 Å². The monoisotopic (exact) mass is 439 g/mol. The summed E-state index contributed by atoms with van der Waals surface area (Å²) < 4.78 is 15.8. The number of allylic oxidation sites excluding steroid dienone is 1. The molecular weight excluding hydrogens is 421 g/mol. The molecule has 2 aromatic carbocycles. The van der Waals surface area contributed by atoms with E-state index < -0.39 is 11.8 Å². The smallest absolute Gasteiger partial charge is 0.545 e. The van der Waals surface area contributed by atoms with Crippen molar-refractivity contribution in [2.24, 2.45) is 0 Å². The van der Waals surface area contributed by atoms with Gasteiger partial charge in [0.2, 0.25) is 6.79 Å². The maximum Gasteiger partial charge on any atom is 1.00 e. The number of carboxylic acids is 1. The molecule has 0 saturated carbocycles. The molecule has 32 heavy (non-hydrogen) atoms. The van der Waals surface area contributed by atoms with Crippen LogP contribution in [0.3, 0.4) is 0 Å². The van der Waals surface area contributed by atoms with Crippen LogP contribution in [0.25, 0.3) is 5.57 Å². The number of aromatic nitrogens is 1. The van der Waals surface area contributed by atoms with Gasteiger partial charge in [0.05, 0.1) is 13.1 Å². The molecule has 0 unspecified atom stereocenters. The van der Waals surface area contributed by atoms with Crippen LogP contribution in [0, 0.1) is 0 Å². The first-order valence-corrected chi connectivity index (χ1v) is 9.50. The number of Topliss-reactive ketones (excluding diaryl/α,β-unsaturated/α-hetero) is 1. The third kappa shape index (κ3) is 5.02. The molecule has 1 aliphatic heterocycles. The Kier molecular flexibility index (Phi) is 7.69. The van der Waals surface area contributed by atoms with E-state index in [9.17, 15) is 14.7 Å². The second-order valence-electron chi connectivity index (χ2n) is 6.76. The van der Waals surface area contributed by atoms with Crippen LogP contribution in [0.5, 0.6) is 17.2 Å². The van der Waals surface area contributed by atoms with Crippen LogP contribution in [0.4, 0.5) is 0 Å². The average molecular weight is 439 g/mol. The molecule has 0 N–H and O–H groups in total. The molecule has 0 amide bonds. The maximum atomic E-state index is 13.4. The number of rotatable bonds is 7. The van der Waals surface area contributed by atoms with Crippen molar-refractivity contribution in [3.8, 4) is 17.2 Å². The van der Waals surface area contributed by atoms with Crippen LogP contribution in [0.1, 0.15) is 21.6 Å². The van der Waals surface area contributed by atoms with Gasteiger partial charge in [-0.1, -0.05) is 12.1 Å². The van der Waals surface area contributed by atoms with Gasteiger partial charge in [-0.2, -0.15) is 0 Å². The van der Waals surface area contributed by atoms with Crippen LogP contribution in [-0.4, -0.2) is 30.6 Å². The fraction of sp³-hybridized carbons (Fsp3) is 0.125. The molecule has 0 atom stereocenters. The molecular formula is C24H18NNaO6. The van der Waals surface area contributed by atoms with E-state index in [1.165, 1.54) is 13.2 Å². The Morgan fingerprint density at radius 3 is 2.38 bits per heavy atom. The van der Waals surface area contributed by atoms with Gasteiger partial charge in [0.1, 0.15) is 5.75 Å². The minimum absolute atomic E-state index is 0. The van der Waals surface area contributed by atoms with Crippen molar-refractivity contribution in [2.45, 2.75) is 6.42 Å². The third-order valence-corrected chi connectivity index (χ3v) is 4.88. The normalized spacial score (nSPS) is 12.4. The van der Waals surface area contributed by atoms with E-state index in [1.54, 1.807) is 60.8 Å². The first-order chi connectivity index (χ1) is 15.1. The third-order valence-electron chi connectivity index (χ3n) is 4.88. The number of benzene rings is 2. The number of carbonyl (C=O) groups excluding carboxylic acids is 2. The van der Waals surface area contributed by atoms with Gasteiger partial charge in [0.15, 0.2) is 17.3 Å². The van der Waals surface area contributed by atoms with Gasteiger partial charge < -0.3 is 24.1 Å². The molecule has 0 spiro atoms. The van der Waals surface area contributed by atoms with Crippen molar-refractivity contribution < 1.29 is 58.5 Å². The van der Waals surface area contributed by atoms with Crippen LogP contribution >= 0.6 is 0 Å². The molecule has 8 heteroatoms. The van der Waals surface area contributed by atoms with Gasteiger partial charge in [-0.15, -0.1) is 0 Å². The van der Waals surface area contributed by atoms with E-state index in [0.717, 1.165) is 0 Å². The predicted octanol–water partition coefficient (Wildman–Crippen LogP) is -0.548. The summed E-state index contributed by atoms with van der Waals surface area (Å²) in [6, 6.07) is 16.4. The van der Waals surface area contributed by atoms with Gasteiger partial charge in [-0.3, -0.25) is 9.78 Å². The van der Waals surface area contributed by atoms with Crippen LogP contribution in [-0.2, 0) is 11.2 Å². The van der Waals surface area contributed by atoms with Gasteiger partial charge in [-0.05, 0) is 54.1 Å². The Morgan fingerprint density at radius 1 is 1.00 bits per heavy atom. The van der Waals surface area contributed by atoms with E-state index in [4.69, 9.17) is 14.2 Å². The second kappa shape index (κ2) is 10.5. The van der Waals surface area contributed by atoms with Gasteiger partial charge in [0, 0.05) is 35.0 Å². The molecule has 7 nitrogen and oxygen atoms in total. The Bertz CT molecular complexity index is 1160. The molecule has 0 radical (unpaired) electrons. The van der Waals surface area contributed by atoms with E-state index in [1.807, 2.05) is 0 Å². The molecule has 0 aliphatic carbocycles. The molecule has 156 valence electrons. The van der Waals surface area contributed by atoms with Crippen molar-refractivity contribution in [2.75, 3.05) is 13.9 Å². The van der Waals surface area contributed by atoms with Crippen LogP contribution in [0.15, 0.2) is 72.4 Å². The predicted molar refractivity (Wildman–Crippen MR) is 110 cm³/mol. The molecule has 4 rings (SSSR count). The minimum atomic E-state index is -1.47. The standard InChI is InChI=1S/C24H19NO6.Na/c1-29-18-8-5-15(6-9-18)23(26)19(13-17-4-2-3-11-25-17)22(24(27)28)16-7-10-20-21(12-16)31-14-30-20;/h2-12H,13-14H2,1H3,(H,27,28);/q;+1/p-1/b22-19-;. The number of pyridine rings is 1. The van der Waals surface area contributed by atoms with Crippen molar-refractivity contribution >= 4 is 17.3 Å². The summed E-state index contributed by atoms with van der Waals surface area (Å²) in [6.45, 7) is 0.0503. The molecule has 2 heterocycles. The fourth-order valence-electron chi connectivity index (χ4n) is 3.35. The number of carbonyl (C=O) groups is 2. The summed E-state index contributed by atoms with van der Waals surface area (Å²) in [6.07, 6.45) is 1.60. The Labute approximate surface area is 206 Å². The molecule has 1 aliphatic rings. The number of methoxy groups -OCH3 is 1. The number of hydrogen-bond acceptors (Lipinski definition) is 7. The van der Waals surface area contributed by atoms with E-state index in [-0.39, 0.29) is 59.5 Å². The maximum absolute atomic E-state index is 13.4. The summed E-state index contributed by atoms with van der Waals surface area (Å²) in [5, 5.41) is 12.2. The minimum Gasteiger partial charge on any atom is -0.545 e. The first kappa shape index (κ1) is 23.5. The zero-order valence-electron chi connectivity index (χ0n) is 17.7. The SMILES string of the molecule is COc1ccc(C(=O)/C(Cc2ccccn2)=C(\C(=O)[O-])c2ccc3c(c2)OCO3)cc1.[Na+]. The number of nitrogens with zero attached hydrogens (tertiary/aromatic N) is 1.